The van der Waals surface area contributed by atoms with Crippen LogP contribution in [0.5, 0.6) is 0 Å². The zero-order chi connectivity index (χ0) is 26.9. The summed E-state index contributed by atoms with van der Waals surface area (Å²) < 4.78 is 30.0. The lowest BCUT2D eigenvalue weighted by atomic mass is 9.62. The van der Waals surface area contributed by atoms with Gasteiger partial charge in [0.25, 0.3) is 6.47 Å². The van der Waals surface area contributed by atoms with Gasteiger partial charge in [-0.2, -0.15) is 0 Å². The summed E-state index contributed by atoms with van der Waals surface area (Å²) in [6.07, 6.45) is 2.29. The van der Waals surface area contributed by atoms with E-state index in [0.29, 0.717) is 19.4 Å². The van der Waals surface area contributed by atoms with Gasteiger partial charge >= 0.3 is 18.2 Å². The highest BCUT2D eigenvalue weighted by molar-refractivity contribution is 5.81. The van der Waals surface area contributed by atoms with E-state index < -0.39 is 18.2 Å². The van der Waals surface area contributed by atoms with E-state index in [2.05, 4.69) is 42.7 Å². The number of carbonyl (C=O) groups excluding carboxylic acids is 4. The van der Waals surface area contributed by atoms with Crippen molar-refractivity contribution in [2.24, 2.45) is 10.8 Å². The molecule has 12 nitrogen and oxygen atoms in total. The van der Waals surface area contributed by atoms with Crippen molar-refractivity contribution in [3.63, 3.8) is 0 Å². The lowest BCUT2D eigenvalue weighted by Crippen LogP contribution is -2.50. The number of esters is 1. The maximum Gasteiger partial charge on any atom is 0.407 e. The van der Waals surface area contributed by atoms with Crippen molar-refractivity contribution in [3.8, 4) is 0 Å². The quantitative estimate of drug-likeness (QED) is 0.0966. The van der Waals surface area contributed by atoms with Gasteiger partial charge < -0.3 is 39.1 Å². The van der Waals surface area contributed by atoms with E-state index in [1.165, 1.54) is 0 Å². The Balaban J connectivity index is 2.31. The molecule has 0 aromatic carbocycles. The third kappa shape index (κ3) is 14.5. The van der Waals surface area contributed by atoms with Gasteiger partial charge in [0.2, 0.25) is 0 Å². The predicted octanol–water partition coefficient (Wildman–Crippen LogP) is 1.96. The third-order valence-electron chi connectivity index (χ3n) is 5.40. The molecule has 2 N–H and O–H groups in total. The number of ether oxygens (including phenoxy) is 6. The minimum absolute atomic E-state index is 0.0556. The Bertz CT molecular complexity index is 715. The van der Waals surface area contributed by atoms with Crippen molar-refractivity contribution >= 4 is 24.6 Å². The number of nitrogens with one attached hydrogen (secondary N) is 2. The van der Waals surface area contributed by atoms with E-state index in [4.69, 9.17) is 23.7 Å². The highest BCUT2D eigenvalue weighted by Gasteiger charge is 2.42. The average molecular weight is 517 g/mol. The molecule has 1 saturated carbocycles. The molecule has 2 atom stereocenters. The molecule has 36 heavy (non-hydrogen) atoms. The summed E-state index contributed by atoms with van der Waals surface area (Å²) in [6.45, 7) is 11.5. The molecule has 0 heterocycles. The standard InChI is InChI=1S/C24H40N2O10/c1-5-20(28)34-11-8-32-10-13-36-22(30)26-19-14-23(2,3)16-24(4,15-19)17-25-21(29)35-12-9-31-6-7-33-18-27/h5,18-19H,1,6-17H2,2-4H3,(H,25,29)(H,26,30). The van der Waals surface area contributed by atoms with Gasteiger partial charge in [0.15, 0.2) is 0 Å². The van der Waals surface area contributed by atoms with E-state index in [9.17, 15) is 19.2 Å². The Hall–Kier alpha value is -2.86. The molecule has 0 radical (unpaired) electrons. The van der Waals surface area contributed by atoms with Gasteiger partial charge in [0.05, 0.1) is 26.4 Å². The summed E-state index contributed by atoms with van der Waals surface area (Å²) in [7, 11) is 0. The molecule has 0 aromatic rings. The normalized spacial score (nSPS) is 20.5. The molecule has 2 unspecified atom stereocenters. The molecule has 1 aliphatic carbocycles. The van der Waals surface area contributed by atoms with E-state index in [1.54, 1.807) is 0 Å². The molecule has 1 aliphatic rings. The van der Waals surface area contributed by atoms with Crippen LogP contribution in [0.1, 0.15) is 40.0 Å². The SMILES string of the molecule is C=CC(=O)OCCOCCOC(=O)NC1CC(C)(C)CC(C)(CNC(=O)OCCOCCOC=O)C1. The summed E-state index contributed by atoms with van der Waals surface area (Å²) >= 11 is 0. The van der Waals surface area contributed by atoms with Gasteiger partial charge in [0, 0.05) is 18.7 Å². The smallest absolute Gasteiger partial charge is 0.407 e. The lowest BCUT2D eigenvalue weighted by molar-refractivity contribution is -0.139. The molecule has 2 amide bonds. The molecular formula is C24H40N2O10. The predicted molar refractivity (Wildman–Crippen MR) is 128 cm³/mol. The first kappa shape index (κ1) is 31.2. The Morgan fingerprint density at radius 3 is 2.06 bits per heavy atom. The second-order valence-electron chi connectivity index (χ2n) is 9.59. The fourth-order valence-electron chi connectivity index (χ4n) is 4.42. The van der Waals surface area contributed by atoms with Gasteiger partial charge in [-0.15, -0.1) is 0 Å². The molecule has 12 heteroatoms. The summed E-state index contributed by atoms with van der Waals surface area (Å²) in [5.41, 5.74) is -0.312. The second kappa shape index (κ2) is 16.7. The van der Waals surface area contributed by atoms with Gasteiger partial charge in [-0.3, -0.25) is 4.79 Å². The highest BCUT2D eigenvalue weighted by atomic mass is 16.6. The van der Waals surface area contributed by atoms with E-state index in [1.807, 2.05) is 0 Å². The van der Waals surface area contributed by atoms with Crippen LogP contribution in [0.4, 0.5) is 9.59 Å². The fourth-order valence-corrected chi connectivity index (χ4v) is 4.42. The van der Waals surface area contributed by atoms with Crippen LogP contribution in [0.3, 0.4) is 0 Å². The Kier molecular flexibility index (Phi) is 14.5. The zero-order valence-corrected chi connectivity index (χ0v) is 21.5. The maximum atomic E-state index is 12.3. The number of rotatable bonds is 17. The molecule has 0 spiro atoms. The van der Waals surface area contributed by atoms with Crippen LogP contribution in [0.15, 0.2) is 12.7 Å². The number of carbonyl (C=O) groups is 4. The first-order valence-electron chi connectivity index (χ1n) is 11.9. The largest absolute Gasteiger partial charge is 0.465 e. The van der Waals surface area contributed by atoms with Crippen LogP contribution in [0, 0.1) is 10.8 Å². The molecule has 0 bridgehead atoms. The third-order valence-corrected chi connectivity index (χ3v) is 5.40. The fraction of sp³-hybridized carbons (Fsp3) is 0.750. The topological polar surface area (TPSA) is 148 Å². The Labute approximate surface area is 212 Å². The highest BCUT2D eigenvalue weighted by Crippen LogP contribution is 2.45. The summed E-state index contributed by atoms with van der Waals surface area (Å²) in [5.74, 6) is -0.521. The summed E-state index contributed by atoms with van der Waals surface area (Å²) in [4.78, 5) is 45.3. The minimum atomic E-state index is -0.546. The van der Waals surface area contributed by atoms with Crippen LogP contribution in [-0.2, 0) is 38.0 Å². The van der Waals surface area contributed by atoms with E-state index >= 15 is 0 Å². The number of hydrogen-bond acceptors (Lipinski definition) is 10. The molecular weight excluding hydrogens is 476 g/mol. The number of alkyl carbamates (subject to hydrolysis) is 2. The monoisotopic (exact) mass is 516 g/mol. The Morgan fingerprint density at radius 2 is 1.44 bits per heavy atom. The van der Waals surface area contributed by atoms with Crippen LogP contribution < -0.4 is 10.6 Å². The van der Waals surface area contributed by atoms with Gasteiger partial charge in [-0.25, -0.2) is 14.4 Å². The Morgan fingerprint density at radius 1 is 0.861 bits per heavy atom. The van der Waals surface area contributed by atoms with Crippen molar-refractivity contribution < 1.29 is 47.6 Å². The maximum absolute atomic E-state index is 12.3. The first-order chi connectivity index (χ1) is 17.1. The van der Waals surface area contributed by atoms with Crippen molar-refractivity contribution in [3.05, 3.63) is 12.7 Å². The average Bonchev–Trinajstić information content (AvgIpc) is 2.80. The number of amides is 2. The van der Waals surface area contributed by atoms with E-state index in [0.717, 1.165) is 18.9 Å². The van der Waals surface area contributed by atoms with Crippen molar-refractivity contribution in [2.45, 2.75) is 46.1 Å². The molecule has 0 aromatic heterocycles. The van der Waals surface area contributed by atoms with E-state index in [-0.39, 0.29) is 69.7 Å². The summed E-state index contributed by atoms with van der Waals surface area (Å²) in [6, 6.07) is -0.120. The van der Waals surface area contributed by atoms with Gasteiger partial charge in [-0.05, 0) is 30.1 Å². The first-order valence-corrected chi connectivity index (χ1v) is 11.9. The van der Waals surface area contributed by atoms with Crippen LogP contribution >= 0.6 is 0 Å². The zero-order valence-electron chi connectivity index (χ0n) is 21.5. The molecule has 0 saturated heterocycles. The molecule has 206 valence electrons. The second-order valence-corrected chi connectivity index (χ2v) is 9.59. The van der Waals surface area contributed by atoms with Crippen molar-refractivity contribution in [1.29, 1.82) is 0 Å². The molecule has 1 rings (SSSR count). The molecule has 0 aliphatic heterocycles. The van der Waals surface area contributed by atoms with Crippen molar-refractivity contribution in [1.82, 2.24) is 10.6 Å². The van der Waals surface area contributed by atoms with Crippen LogP contribution in [-0.4, -0.2) is 90.1 Å². The van der Waals surface area contributed by atoms with Crippen LogP contribution in [0.2, 0.25) is 0 Å². The van der Waals surface area contributed by atoms with Crippen molar-refractivity contribution in [2.75, 3.05) is 59.4 Å². The number of hydrogen-bond donors (Lipinski definition) is 2. The molecule has 1 fully saturated rings. The van der Waals surface area contributed by atoms with Gasteiger partial charge in [0.1, 0.15) is 26.4 Å². The lowest BCUT2D eigenvalue weighted by Gasteiger charge is -2.46. The van der Waals surface area contributed by atoms with Gasteiger partial charge in [-0.1, -0.05) is 27.4 Å². The minimum Gasteiger partial charge on any atom is -0.465 e. The van der Waals surface area contributed by atoms with Crippen LogP contribution in [0.25, 0.3) is 0 Å². The summed E-state index contributed by atoms with van der Waals surface area (Å²) in [5, 5.41) is 5.72.